The van der Waals surface area contributed by atoms with E-state index in [0.717, 1.165) is 19.3 Å². The third kappa shape index (κ3) is 1.38. The van der Waals surface area contributed by atoms with E-state index in [-0.39, 0.29) is 6.54 Å². The maximum absolute atomic E-state index is 11.3. The van der Waals surface area contributed by atoms with Gasteiger partial charge in [0, 0.05) is 12.8 Å². The highest BCUT2D eigenvalue weighted by Crippen LogP contribution is 2.44. The van der Waals surface area contributed by atoms with E-state index in [1.807, 2.05) is 0 Å². The lowest BCUT2D eigenvalue weighted by Crippen LogP contribution is -2.54. The normalized spacial score (nSPS) is 36.1. The number of hydrogen-bond acceptors (Lipinski definition) is 3. The highest BCUT2D eigenvalue weighted by Gasteiger charge is 2.49. The molecule has 1 fully saturated rings. The van der Waals surface area contributed by atoms with Gasteiger partial charge in [0.1, 0.15) is 0 Å². The summed E-state index contributed by atoms with van der Waals surface area (Å²) in [5, 5.41) is 0. The van der Waals surface area contributed by atoms with Gasteiger partial charge in [0.05, 0.1) is 4.75 Å². The molecule has 0 amide bonds. The summed E-state index contributed by atoms with van der Waals surface area (Å²) < 4.78 is 22.1. The van der Waals surface area contributed by atoms with Crippen molar-refractivity contribution in [2.75, 3.05) is 12.8 Å². The second-order valence-corrected chi connectivity index (χ2v) is 6.25. The van der Waals surface area contributed by atoms with Crippen LogP contribution in [0.2, 0.25) is 0 Å². The quantitative estimate of drug-likeness (QED) is 0.708. The van der Waals surface area contributed by atoms with Crippen LogP contribution < -0.4 is 5.73 Å². The second kappa shape index (κ2) is 3.00. The first-order chi connectivity index (χ1) is 5.45. The Bertz CT molecular complexity index is 252. The summed E-state index contributed by atoms with van der Waals surface area (Å²) in [6.07, 6.45) is 3.89. The van der Waals surface area contributed by atoms with Gasteiger partial charge in [-0.2, -0.15) is 0 Å². The SMILES string of the molecule is CCC1CC(CN)(S(C)(=O)=O)C1. The van der Waals surface area contributed by atoms with E-state index in [0.29, 0.717) is 5.92 Å². The molecule has 1 aliphatic carbocycles. The predicted molar refractivity (Wildman–Crippen MR) is 49.6 cm³/mol. The molecule has 0 unspecified atom stereocenters. The van der Waals surface area contributed by atoms with E-state index in [1.165, 1.54) is 6.26 Å². The summed E-state index contributed by atoms with van der Waals surface area (Å²) in [7, 11) is -2.95. The highest BCUT2D eigenvalue weighted by atomic mass is 32.2. The molecule has 0 spiro atoms. The van der Waals surface area contributed by atoms with Gasteiger partial charge in [0.2, 0.25) is 0 Å². The first kappa shape index (κ1) is 9.99. The largest absolute Gasteiger partial charge is 0.329 e. The molecule has 2 N–H and O–H groups in total. The van der Waals surface area contributed by atoms with E-state index < -0.39 is 14.6 Å². The molecular weight excluding hydrogens is 174 g/mol. The number of rotatable bonds is 3. The van der Waals surface area contributed by atoms with Crippen molar-refractivity contribution in [3.05, 3.63) is 0 Å². The Morgan fingerprint density at radius 1 is 1.50 bits per heavy atom. The molecule has 0 saturated heterocycles. The van der Waals surface area contributed by atoms with Crippen LogP contribution in [0, 0.1) is 5.92 Å². The van der Waals surface area contributed by atoms with Gasteiger partial charge in [-0.25, -0.2) is 8.42 Å². The number of nitrogens with two attached hydrogens (primary N) is 1. The lowest BCUT2D eigenvalue weighted by molar-refractivity contribution is 0.217. The van der Waals surface area contributed by atoms with Crippen LogP contribution in [0.15, 0.2) is 0 Å². The highest BCUT2D eigenvalue weighted by molar-refractivity contribution is 7.92. The van der Waals surface area contributed by atoms with Gasteiger partial charge in [0.15, 0.2) is 9.84 Å². The van der Waals surface area contributed by atoms with Crippen molar-refractivity contribution >= 4 is 9.84 Å². The van der Waals surface area contributed by atoms with Gasteiger partial charge in [-0.1, -0.05) is 13.3 Å². The third-order valence-electron chi connectivity index (χ3n) is 3.06. The van der Waals surface area contributed by atoms with E-state index in [1.54, 1.807) is 0 Å². The molecule has 0 radical (unpaired) electrons. The molecule has 0 atom stereocenters. The fraction of sp³-hybridized carbons (Fsp3) is 1.00. The van der Waals surface area contributed by atoms with Crippen molar-refractivity contribution in [3.63, 3.8) is 0 Å². The third-order valence-corrected chi connectivity index (χ3v) is 5.13. The smallest absolute Gasteiger partial charge is 0.154 e. The van der Waals surface area contributed by atoms with Gasteiger partial charge < -0.3 is 5.73 Å². The fourth-order valence-electron chi connectivity index (χ4n) is 1.90. The molecule has 12 heavy (non-hydrogen) atoms. The van der Waals surface area contributed by atoms with Crippen molar-refractivity contribution in [2.45, 2.75) is 30.9 Å². The average molecular weight is 191 g/mol. The molecule has 0 aliphatic heterocycles. The van der Waals surface area contributed by atoms with Crippen LogP contribution in [0.1, 0.15) is 26.2 Å². The van der Waals surface area contributed by atoms with Crippen LogP contribution >= 0.6 is 0 Å². The first-order valence-corrected chi connectivity index (χ1v) is 6.24. The minimum absolute atomic E-state index is 0.280. The molecule has 3 nitrogen and oxygen atoms in total. The monoisotopic (exact) mass is 191 g/mol. The van der Waals surface area contributed by atoms with E-state index in [2.05, 4.69) is 6.92 Å². The van der Waals surface area contributed by atoms with Crippen LogP contribution in [0.3, 0.4) is 0 Å². The van der Waals surface area contributed by atoms with Gasteiger partial charge in [-0.05, 0) is 18.8 Å². The summed E-state index contributed by atoms with van der Waals surface area (Å²) in [5.41, 5.74) is 5.49. The molecule has 0 aromatic carbocycles. The molecule has 0 aromatic heterocycles. The average Bonchev–Trinajstić information content (AvgIpc) is 1.84. The fourth-order valence-corrected chi connectivity index (χ4v) is 3.28. The van der Waals surface area contributed by atoms with Crippen molar-refractivity contribution in [1.82, 2.24) is 0 Å². The molecule has 72 valence electrons. The van der Waals surface area contributed by atoms with E-state index >= 15 is 0 Å². The van der Waals surface area contributed by atoms with Crippen LogP contribution in [0.25, 0.3) is 0 Å². The van der Waals surface area contributed by atoms with E-state index in [9.17, 15) is 8.42 Å². The van der Waals surface area contributed by atoms with Crippen molar-refractivity contribution in [2.24, 2.45) is 11.7 Å². The molecule has 4 heteroatoms. The Hall–Kier alpha value is -0.0900. The summed E-state index contributed by atoms with van der Waals surface area (Å²) in [6.45, 7) is 2.37. The molecule has 0 aromatic rings. The maximum atomic E-state index is 11.3. The standard InChI is InChI=1S/C8H17NO2S/c1-3-7-4-8(5-7,6-9)12(2,10)11/h7H,3-6,9H2,1-2H3. The summed E-state index contributed by atoms with van der Waals surface area (Å²) >= 11 is 0. The molecule has 1 rings (SSSR count). The lowest BCUT2D eigenvalue weighted by Gasteiger charge is -2.45. The Kier molecular flexibility index (Phi) is 2.50. The van der Waals surface area contributed by atoms with Crippen LogP contribution in [-0.4, -0.2) is 26.0 Å². The zero-order valence-electron chi connectivity index (χ0n) is 7.71. The minimum Gasteiger partial charge on any atom is -0.329 e. The number of hydrogen-bond donors (Lipinski definition) is 1. The topological polar surface area (TPSA) is 60.2 Å². The van der Waals surface area contributed by atoms with Gasteiger partial charge in [-0.15, -0.1) is 0 Å². The Morgan fingerprint density at radius 2 is 2.00 bits per heavy atom. The lowest BCUT2D eigenvalue weighted by atomic mass is 9.73. The zero-order valence-corrected chi connectivity index (χ0v) is 8.52. The Morgan fingerprint density at radius 3 is 2.25 bits per heavy atom. The predicted octanol–water partition coefficient (Wildman–Crippen LogP) is 0.549. The molecular formula is C8H17NO2S. The number of sulfone groups is 1. The minimum atomic E-state index is -2.95. The van der Waals surface area contributed by atoms with Gasteiger partial charge in [-0.3, -0.25) is 0 Å². The molecule has 0 heterocycles. The zero-order chi connectivity index (χ0) is 9.41. The van der Waals surface area contributed by atoms with E-state index in [4.69, 9.17) is 5.73 Å². The summed E-state index contributed by atoms with van der Waals surface area (Å²) in [6, 6.07) is 0. The van der Waals surface area contributed by atoms with Crippen molar-refractivity contribution < 1.29 is 8.42 Å². The van der Waals surface area contributed by atoms with Crippen LogP contribution in [0.4, 0.5) is 0 Å². The van der Waals surface area contributed by atoms with Crippen molar-refractivity contribution in [3.8, 4) is 0 Å². The maximum Gasteiger partial charge on any atom is 0.154 e. The summed E-state index contributed by atoms with van der Waals surface area (Å²) in [4.78, 5) is 0. The van der Waals surface area contributed by atoms with Crippen LogP contribution in [-0.2, 0) is 9.84 Å². The van der Waals surface area contributed by atoms with Gasteiger partial charge in [0.25, 0.3) is 0 Å². The Labute approximate surface area is 74.3 Å². The molecule has 1 saturated carbocycles. The van der Waals surface area contributed by atoms with Crippen molar-refractivity contribution in [1.29, 1.82) is 0 Å². The summed E-state index contributed by atoms with van der Waals surface area (Å²) in [5.74, 6) is 0.572. The second-order valence-electron chi connectivity index (χ2n) is 3.84. The molecule has 1 aliphatic rings. The van der Waals surface area contributed by atoms with Crippen LogP contribution in [0.5, 0.6) is 0 Å². The molecule has 0 bridgehead atoms. The van der Waals surface area contributed by atoms with Gasteiger partial charge >= 0.3 is 0 Å². The Balaban J connectivity index is 2.72. The first-order valence-electron chi connectivity index (χ1n) is 4.35.